The largest absolute Gasteiger partial charge is 0.0651 e. The maximum Gasteiger partial charge on any atom is -0.0323 e. The van der Waals surface area contributed by atoms with Gasteiger partial charge in [-0.2, -0.15) is 0 Å². The van der Waals surface area contributed by atoms with Crippen LogP contribution in [-0.2, 0) is 0 Å². The minimum Gasteiger partial charge on any atom is -0.0651 e. The lowest BCUT2D eigenvalue weighted by atomic mass is 9.56. The SMILES string of the molecule is CC1(C)CC(C)(C)CC(C)(C)C1.CC1C(C)(C)CCCC1(C)C.CC1CC(C)(C)CC(C)(C)C1.CC1CCC(C)(C)CC1.CC1CCCC(C)C1C.CCC1CC(C)(C)CC(C)(C)C1.C[C@@H]1CCCCC1(C)C. The van der Waals surface area contributed by atoms with Crippen LogP contribution in [0.25, 0.3) is 0 Å². The minimum atomic E-state index is 0.547. The van der Waals surface area contributed by atoms with Gasteiger partial charge in [-0.15, -0.1) is 0 Å². The summed E-state index contributed by atoms with van der Waals surface area (Å²) in [6.07, 6.45) is 34.2. The van der Waals surface area contributed by atoms with Gasteiger partial charge in [0.2, 0.25) is 0 Å². The molecular formula is C73H146. The van der Waals surface area contributed by atoms with Gasteiger partial charge in [-0.3, -0.25) is 0 Å². The quantitative estimate of drug-likeness (QED) is 0.246. The highest BCUT2D eigenvalue weighted by atomic mass is 14.5. The van der Waals surface area contributed by atoms with Gasteiger partial charge in [-0.25, -0.2) is 0 Å². The van der Waals surface area contributed by atoms with Crippen LogP contribution in [0.4, 0.5) is 0 Å². The maximum atomic E-state index is 2.43. The molecule has 0 aromatic rings. The molecule has 0 spiro atoms. The van der Waals surface area contributed by atoms with Gasteiger partial charge in [-0.1, -0.05) is 272 Å². The van der Waals surface area contributed by atoms with Gasteiger partial charge in [0.15, 0.2) is 0 Å². The maximum absolute atomic E-state index is 2.43. The second-order valence-electron chi connectivity index (χ2n) is 37.0. The van der Waals surface area contributed by atoms with Crippen LogP contribution in [0.1, 0.15) is 362 Å². The van der Waals surface area contributed by atoms with E-state index in [1.165, 1.54) is 154 Å². The van der Waals surface area contributed by atoms with Gasteiger partial charge in [0.25, 0.3) is 0 Å². The van der Waals surface area contributed by atoms with E-state index in [0.29, 0.717) is 59.6 Å². The average molecular weight is 1020 g/mol. The Bertz CT molecular complexity index is 1400. The van der Waals surface area contributed by atoms with Crippen molar-refractivity contribution in [2.45, 2.75) is 362 Å². The third-order valence-corrected chi connectivity index (χ3v) is 21.6. The Morgan fingerprint density at radius 3 is 0.918 bits per heavy atom. The number of hydrogen-bond donors (Lipinski definition) is 0. The van der Waals surface area contributed by atoms with E-state index in [1.54, 1.807) is 0 Å². The predicted molar refractivity (Wildman–Crippen MR) is 336 cm³/mol. The summed E-state index contributed by atoms with van der Waals surface area (Å²) in [7, 11) is 0. The molecule has 0 radical (unpaired) electrons. The van der Waals surface area contributed by atoms with Gasteiger partial charge in [-0.05, 0) is 197 Å². The van der Waals surface area contributed by atoms with Crippen molar-refractivity contribution >= 4 is 0 Å². The van der Waals surface area contributed by atoms with E-state index in [1.807, 2.05) is 0 Å². The summed E-state index contributed by atoms with van der Waals surface area (Å²) in [6.45, 7) is 72.1. The van der Waals surface area contributed by atoms with Crippen molar-refractivity contribution in [3.63, 3.8) is 0 Å². The molecule has 0 nitrogen and oxygen atoms in total. The lowest BCUT2D eigenvalue weighted by Crippen LogP contribution is -2.38. The second-order valence-corrected chi connectivity index (χ2v) is 37.0. The van der Waals surface area contributed by atoms with Crippen LogP contribution in [0, 0.1) is 107 Å². The normalized spacial score (nSPS) is 32.3. The van der Waals surface area contributed by atoms with E-state index < -0.39 is 0 Å². The van der Waals surface area contributed by atoms with Crippen molar-refractivity contribution in [1.29, 1.82) is 0 Å². The Kier molecular flexibility index (Phi) is 27.2. The number of hydrogen-bond acceptors (Lipinski definition) is 0. The van der Waals surface area contributed by atoms with Crippen LogP contribution in [0.2, 0.25) is 0 Å². The lowest BCUT2D eigenvalue weighted by Gasteiger charge is -2.49. The summed E-state index contributed by atoms with van der Waals surface area (Å²) in [4.78, 5) is 0. The van der Waals surface area contributed by atoms with Crippen LogP contribution in [0.5, 0.6) is 0 Å². The van der Waals surface area contributed by atoms with Gasteiger partial charge >= 0.3 is 0 Å². The zero-order chi connectivity index (χ0) is 57.1. The Labute approximate surface area is 466 Å². The molecule has 0 aliphatic heterocycles. The first kappa shape index (κ1) is 71.0. The fourth-order valence-corrected chi connectivity index (χ4v) is 18.4. The van der Waals surface area contributed by atoms with Crippen molar-refractivity contribution in [2.24, 2.45) is 107 Å². The molecule has 2 unspecified atom stereocenters. The summed E-state index contributed by atoms with van der Waals surface area (Å²) in [5, 5.41) is 0. The lowest BCUT2D eigenvalue weighted by molar-refractivity contribution is 0.0202. The predicted octanol–water partition coefficient (Wildman–Crippen LogP) is 25.7. The standard InChI is InChI=1S/2C12H24.2C11H22.3C9H18/c1-10(2)7-11(3,4)9-12(5,6)8-10;1-6-10-7-11(2,3)9-12(4,5)8-10;1-9-6-10(2,3)8-11(4,5)7-9;1-9-10(2,3)7-6-8-11(9,4)5;1-8-4-6-9(2,3)7-5-8;1-8-6-4-5-7-9(8,2)3;1-7-5-4-6-8(2)9(7)3/h7-9H2,1-6H3;10H,6-9H2,1-5H3;2*9H,6-8H2,1-5H3;2*8H,4-7H2,1-3H3;7-9H,4-6H2,1-3H3/t;;;;;8-;/m.....1./s1. The van der Waals surface area contributed by atoms with Gasteiger partial charge in [0, 0.05) is 0 Å². The number of rotatable bonds is 1. The van der Waals surface area contributed by atoms with Crippen LogP contribution in [0.3, 0.4) is 0 Å². The van der Waals surface area contributed by atoms with Crippen molar-refractivity contribution < 1.29 is 0 Å². The molecule has 0 heteroatoms. The van der Waals surface area contributed by atoms with E-state index in [9.17, 15) is 0 Å². The molecule has 7 rings (SSSR count). The average Bonchev–Trinajstić information content (AvgIpc) is 3.15. The summed E-state index contributed by atoms with van der Waals surface area (Å²) in [6, 6.07) is 0. The molecular weight excluding hydrogens is 877 g/mol. The molecule has 3 atom stereocenters. The highest BCUT2D eigenvalue weighted by molar-refractivity contribution is 4.94. The molecule has 0 aromatic carbocycles. The molecule has 7 fully saturated rings. The van der Waals surface area contributed by atoms with Crippen LogP contribution < -0.4 is 0 Å². The molecule has 7 saturated carbocycles. The minimum absolute atomic E-state index is 0.547. The second kappa shape index (κ2) is 27.9. The third kappa shape index (κ3) is 28.1. The molecule has 7 aliphatic rings. The van der Waals surface area contributed by atoms with Crippen LogP contribution >= 0.6 is 0 Å². The topological polar surface area (TPSA) is 0 Å². The monoisotopic (exact) mass is 1020 g/mol. The Balaban J connectivity index is 0.000000427. The van der Waals surface area contributed by atoms with Crippen molar-refractivity contribution in [3.8, 4) is 0 Å². The van der Waals surface area contributed by atoms with Crippen molar-refractivity contribution in [3.05, 3.63) is 0 Å². The zero-order valence-electron chi connectivity index (χ0n) is 57.1. The molecule has 0 aromatic heterocycles. The van der Waals surface area contributed by atoms with Gasteiger partial charge in [0.1, 0.15) is 0 Å². The summed E-state index contributed by atoms with van der Waals surface area (Å²) < 4.78 is 0. The fraction of sp³-hybridized carbons (Fsp3) is 1.00. The molecule has 73 heavy (non-hydrogen) atoms. The zero-order valence-corrected chi connectivity index (χ0v) is 57.1. The highest BCUT2D eigenvalue weighted by Crippen LogP contribution is 2.54. The van der Waals surface area contributed by atoms with E-state index >= 15 is 0 Å². The van der Waals surface area contributed by atoms with Gasteiger partial charge < -0.3 is 0 Å². The Morgan fingerprint density at radius 2 is 0.644 bits per heavy atom. The third-order valence-electron chi connectivity index (χ3n) is 21.6. The molecule has 0 N–H and O–H groups in total. The van der Waals surface area contributed by atoms with Crippen molar-refractivity contribution in [1.82, 2.24) is 0 Å². The fourth-order valence-electron chi connectivity index (χ4n) is 18.4. The van der Waals surface area contributed by atoms with Crippen molar-refractivity contribution in [2.75, 3.05) is 0 Å². The van der Waals surface area contributed by atoms with Crippen LogP contribution in [0.15, 0.2) is 0 Å². The van der Waals surface area contributed by atoms with Gasteiger partial charge in [0.05, 0.1) is 0 Å². The smallest absolute Gasteiger partial charge is 0.0323 e. The molecule has 0 heterocycles. The van der Waals surface area contributed by atoms with E-state index in [2.05, 4.69) is 208 Å². The molecule has 7 aliphatic carbocycles. The Morgan fingerprint density at radius 1 is 0.301 bits per heavy atom. The summed E-state index contributed by atoms with van der Waals surface area (Å²) >= 11 is 0. The molecule has 0 bridgehead atoms. The molecule has 0 amide bonds. The van der Waals surface area contributed by atoms with E-state index in [0.717, 1.165) is 47.3 Å². The first-order valence-electron chi connectivity index (χ1n) is 32.6. The highest BCUT2D eigenvalue weighted by Gasteiger charge is 2.43. The summed E-state index contributed by atoms with van der Waals surface area (Å²) in [5.74, 6) is 7.65. The molecule has 438 valence electrons. The van der Waals surface area contributed by atoms with E-state index in [-0.39, 0.29) is 0 Å². The first-order chi connectivity index (χ1) is 32.6. The van der Waals surface area contributed by atoms with Crippen LogP contribution in [-0.4, -0.2) is 0 Å². The van der Waals surface area contributed by atoms with E-state index in [4.69, 9.17) is 0 Å². The first-order valence-corrected chi connectivity index (χ1v) is 32.6. The molecule has 0 saturated heterocycles. The Hall–Kier alpha value is 0. The summed E-state index contributed by atoms with van der Waals surface area (Å²) in [5.41, 5.74) is 6.42.